The normalized spacial score (nSPS) is 14.2. The molecule has 0 saturated carbocycles. The summed E-state index contributed by atoms with van der Waals surface area (Å²) in [6.07, 6.45) is 1.25. The van der Waals surface area contributed by atoms with E-state index in [9.17, 15) is 4.79 Å². The van der Waals surface area contributed by atoms with Crippen LogP contribution in [-0.4, -0.2) is 29.9 Å². The molecule has 1 aliphatic rings. The fourth-order valence-corrected chi connectivity index (χ4v) is 3.37. The molecule has 6 nitrogen and oxygen atoms in total. The summed E-state index contributed by atoms with van der Waals surface area (Å²) in [5.41, 5.74) is 2.52. The molecule has 158 valence electrons. The van der Waals surface area contributed by atoms with Crippen molar-refractivity contribution in [3.63, 3.8) is 0 Å². The van der Waals surface area contributed by atoms with Gasteiger partial charge in [-0.3, -0.25) is 9.79 Å². The monoisotopic (exact) mass is 510 g/mol. The van der Waals surface area contributed by atoms with Gasteiger partial charge in [-0.15, -0.1) is 24.0 Å². The van der Waals surface area contributed by atoms with Gasteiger partial charge in [0, 0.05) is 32.6 Å². The summed E-state index contributed by atoms with van der Waals surface area (Å²) in [5, 5.41) is 6.60. The molecule has 2 heterocycles. The molecule has 1 aromatic heterocycles. The Morgan fingerprint density at radius 2 is 1.90 bits per heavy atom. The first-order valence-corrected chi connectivity index (χ1v) is 10.0. The molecule has 2 aromatic rings. The lowest BCUT2D eigenvalue weighted by Crippen LogP contribution is -2.38. The third-order valence-electron chi connectivity index (χ3n) is 4.90. The Balaban J connectivity index is 0.00000300. The van der Waals surface area contributed by atoms with E-state index in [0.717, 1.165) is 43.5 Å². The number of rotatable bonds is 7. The topological polar surface area (TPSA) is 69.9 Å². The lowest BCUT2D eigenvalue weighted by Gasteiger charge is -2.17. The Hall–Kier alpha value is -2.03. The number of carbonyl (C=O) groups excluding carboxylic acids is 1. The molecule has 0 aliphatic carbocycles. The van der Waals surface area contributed by atoms with Gasteiger partial charge in [-0.1, -0.05) is 24.3 Å². The van der Waals surface area contributed by atoms with Crippen LogP contribution in [-0.2, 0) is 17.9 Å². The second-order valence-electron chi connectivity index (χ2n) is 7.20. The van der Waals surface area contributed by atoms with Crippen molar-refractivity contribution >= 4 is 35.8 Å². The number of furan rings is 1. The fraction of sp³-hybridized carbons (Fsp3) is 0.455. The van der Waals surface area contributed by atoms with E-state index in [1.807, 2.05) is 49.9 Å². The van der Waals surface area contributed by atoms with Gasteiger partial charge < -0.3 is 20.0 Å². The molecule has 29 heavy (non-hydrogen) atoms. The van der Waals surface area contributed by atoms with Gasteiger partial charge in [-0.2, -0.15) is 0 Å². The van der Waals surface area contributed by atoms with Crippen molar-refractivity contribution in [2.75, 3.05) is 13.1 Å². The first-order chi connectivity index (χ1) is 13.6. The molecular formula is C22H31IN4O2. The zero-order valence-corrected chi connectivity index (χ0v) is 19.7. The highest BCUT2D eigenvalue weighted by Crippen LogP contribution is 2.23. The molecule has 7 heteroatoms. The van der Waals surface area contributed by atoms with Gasteiger partial charge in [0.2, 0.25) is 5.91 Å². The van der Waals surface area contributed by atoms with Gasteiger partial charge in [-0.25, -0.2) is 0 Å². The summed E-state index contributed by atoms with van der Waals surface area (Å²) in [6, 6.07) is 12.2. The molecule has 1 aromatic carbocycles. The quantitative estimate of drug-likeness (QED) is 0.254. The van der Waals surface area contributed by atoms with Crippen molar-refractivity contribution in [1.82, 2.24) is 15.5 Å². The second-order valence-corrected chi connectivity index (χ2v) is 7.20. The Kier molecular flexibility index (Phi) is 9.00. The van der Waals surface area contributed by atoms with Crippen molar-refractivity contribution in [2.45, 2.75) is 52.7 Å². The van der Waals surface area contributed by atoms with Crippen molar-refractivity contribution in [1.29, 1.82) is 0 Å². The second kappa shape index (κ2) is 11.2. The third kappa shape index (κ3) is 6.48. The Labute approximate surface area is 190 Å². The maximum atomic E-state index is 12.5. The average Bonchev–Trinajstić information content (AvgIpc) is 3.31. The van der Waals surface area contributed by atoms with Crippen LogP contribution in [0.4, 0.5) is 0 Å². The standard InChI is InChI=1S/C22H30N4O2.HI/c1-4-23-22(25-17(3)20-12-11-16(2)28-20)24-13-7-10-21(27)26-14-18-8-5-6-9-19(18)15-26;/h5-6,8-9,11-12,17H,4,7,10,13-15H2,1-3H3,(H2,23,24,25);1H. The minimum atomic E-state index is 0. The highest BCUT2D eigenvalue weighted by Gasteiger charge is 2.22. The molecule has 1 aliphatic heterocycles. The smallest absolute Gasteiger partial charge is 0.223 e. The van der Waals surface area contributed by atoms with Crippen LogP contribution >= 0.6 is 24.0 Å². The van der Waals surface area contributed by atoms with Gasteiger partial charge >= 0.3 is 0 Å². The first-order valence-electron chi connectivity index (χ1n) is 10.0. The van der Waals surface area contributed by atoms with Crippen molar-refractivity contribution in [3.8, 4) is 0 Å². The third-order valence-corrected chi connectivity index (χ3v) is 4.90. The number of aliphatic imine (C=N–C) groups is 1. The molecule has 2 N–H and O–H groups in total. The van der Waals surface area contributed by atoms with Crippen LogP contribution < -0.4 is 10.6 Å². The van der Waals surface area contributed by atoms with Crippen molar-refractivity contribution in [2.24, 2.45) is 4.99 Å². The van der Waals surface area contributed by atoms with Gasteiger partial charge in [0.15, 0.2) is 5.96 Å². The summed E-state index contributed by atoms with van der Waals surface area (Å²) in [4.78, 5) is 19.0. The van der Waals surface area contributed by atoms with E-state index in [1.165, 1.54) is 11.1 Å². The number of fused-ring (bicyclic) bond motifs is 1. The predicted molar refractivity (Wildman–Crippen MR) is 126 cm³/mol. The summed E-state index contributed by atoms with van der Waals surface area (Å²) in [7, 11) is 0. The van der Waals surface area contributed by atoms with Gasteiger partial charge in [0.1, 0.15) is 11.5 Å². The number of nitrogens with zero attached hydrogens (tertiary/aromatic N) is 2. The predicted octanol–water partition coefficient (Wildman–Crippen LogP) is 4.14. The molecule has 0 bridgehead atoms. The van der Waals surface area contributed by atoms with Gasteiger partial charge in [0.05, 0.1) is 6.04 Å². The first kappa shape index (κ1) is 23.3. The van der Waals surface area contributed by atoms with Crippen LogP contribution in [0, 0.1) is 6.92 Å². The van der Waals surface area contributed by atoms with Crippen LogP contribution in [0.2, 0.25) is 0 Å². The maximum absolute atomic E-state index is 12.5. The number of guanidine groups is 1. The molecule has 0 spiro atoms. The van der Waals surface area contributed by atoms with Crippen LogP contribution in [0.3, 0.4) is 0 Å². The Morgan fingerprint density at radius 3 is 2.48 bits per heavy atom. The van der Waals surface area contributed by atoms with E-state index < -0.39 is 0 Å². The number of hydrogen-bond acceptors (Lipinski definition) is 3. The zero-order valence-electron chi connectivity index (χ0n) is 17.4. The van der Waals surface area contributed by atoms with Gasteiger partial charge in [0.25, 0.3) is 0 Å². The highest BCUT2D eigenvalue weighted by molar-refractivity contribution is 14.0. The molecular weight excluding hydrogens is 479 g/mol. The number of halogens is 1. The minimum Gasteiger partial charge on any atom is -0.464 e. The number of benzene rings is 1. The van der Waals surface area contributed by atoms with E-state index in [1.54, 1.807) is 0 Å². The lowest BCUT2D eigenvalue weighted by atomic mass is 10.1. The van der Waals surface area contributed by atoms with Gasteiger partial charge in [-0.05, 0) is 50.5 Å². The highest BCUT2D eigenvalue weighted by atomic mass is 127. The number of carbonyl (C=O) groups is 1. The average molecular weight is 510 g/mol. The minimum absolute atomic E-state index is 0. The Morgan fingerprint density at radius 1 is 1.21 bits per heavy atom. The number of amides is 1. The molecule has 1 atom stereocenters. The van der Waals surface area contributed by atoms with E-state index in [4.69, 9.17) is 4.42 Å². The van der Waals surface area contributed by atoms with Crippen molar-refractivity contribution in [3.05, 3.63) is 59.0 Å². The van der Waals surface area contributed by atoms with E-state index in [0.29, 0.717) is 13.0 Å². The molecule has 0 saturated heterocycles. The fourth-order valence-electron chi connectivity index (χ4n) is 3.37. The lowest BCUT2D eigenvalue weighted by molar-refractivity contribution is -0.131. The number of hydrogen-bond donors (Lipinski definition) is 2. The summed E-state index contributed by atoms with van der Waals surface area (Å²) < 4.78 is 5.67. The summed E-state index contributed by atoms with van der Waals surface area (Å²) in [6.45, 7) is 8.84. The molecule has 0 fully saturated rings. The molecule has 1 amide bonds. The van der Waals surface area contributed by atoms with Crippen LogP contribution in [0.1, 0.15) is 55.4 Å². The number of aryl methyl sites for hydroxylation is 1. The van der Waals surface area contributed by atoms with Crippen LogP contribution in [0.25, 0.3) is 0 Å². The molecule has 3 rings (SSSR count). The molecule has 1 unspecified atom stereocenters. The number of nitrogens with one attached hydrogen (secondary N) is 2. The zero-order chi connectivity index (χ0) is 19.9. The van der Waals surface area contributed by atoms with Crippen molar-refractivity contribution < 1.29 is 9.21 Å². The SMILES string of the molecule is CCNC(=NCCCC(=O)N1Cc2ccccc2C1)NC(C)c1ccc(C)o1.I. The molecule has 0 radical (unpaired) electrons. The summed E-state index contributed by atoms with van der Waals surface area (Å²) in [5.74, 6) is 2.72. The van der Waals surface area contributed by atoms with Crippen LogP contribution in [0.15, 0.2) is 45.8 Å². The maximum Gasteiger partial charge on any atom is 0.223 e. The van der Waals surface area contributed by atoms with E-state index in [2.05, 4.69) is 27.8 Å². The van der Waals surface area contributed by atoms with E-state index in [-0.39, 0.29) is 35.9 Å². The summed E-state index contributed by atoms with van der Waals surface area (Å²) >= 11 is 0. The van der Waals surface area contributed by atoms with Crippen LogP contribution in [0.5, 0.6) is 0 Å². The largest absolute Gasteiger partial charge is 0.464 e. The van der Waals surface area contributed by atoms with E-state index >= 15 is 0 Å². The Bertz CT molecular complexity index is 809.